The lowest BCUT2D eigenvalue weighted by molar-refractivity contribution is -0.139. The average molecular weight is 405 g/mol. The number of carbonyl (C=O) groups is 2. The molecule has 0 aliphatic carbocycles. The number of amides is 2. The first-order chi connectivity index (χ1) is 14.4. The van der Waals surface area contributed by atoms with Gasteiger partial charge in [0.1, 0.15) is 0 Å². The Morgan fingerprint density at radius 2 is 2.00 bits per heavy atom. The van der Waals surface area contributed by atoms with Gasteiger partial charge < -0.3 is 14.5 Å². The van der Waals surface area contributed by atoms with Gasteiger partial charge in [-0.2, -0.15) is 0 Å². The van der Waals surface area contributed by atoms with E-state index in [9.17, 15) is 9.59 Å². The van der Waals surface area contributed by atoms with Gasteiger partial charge in [0.15, 0.2) is 5.72 Å². The van der Waals surface area contributed by atoms with Crippen LogP contribution in [0, 0.1) is 12.8 Å². The molecule has 0 unspecified atom stereocenters. The maximum Gasteiger partial charge on any atom is 0.256 e. The Labute approximate surface area is 176 Å². The average Bonchev–Trinajstić information content (AvgIpc) is 3.37. The maximum absolute atomic E-state index is 13.8. The summed E-state index contributed by atoms with van der Waals surface area (Å²) in [7, 11) is 0. The Balaban J connectivity index is 1.52. The highest BCUT2D eigenvalue weighted by atomic mass is 16.5. The zero-order chi connectivity index (χ0) is 21.0. The fourth-order valence-corrected chi connectivity index (χ4v) is 5.45. The summed E-state index contributed by atoms with van der Waals surface area (Å²) in [6.45, 7) is 7.25. The number of nitrogens with zero attached hydrogens (tertiary/aromatic N) is 3. The van der Waals surface area contributed by atoms with Gasteiger partial charge in [-0.1, -0.05) is 44.2 Å². The Morgan fingerprint density at radius 1 is 1.23 bits per heavy atom. The highest BCUT2D eigenvalue weighted by Gasteiger charge is 2.65. The van der Waals surface area contributed by atoms with Crippen LogP contribution in [0.2, 0.25) is 0 Å². The van der Waals surface area contributed by atoms with Crippen molar-refractivity contribution < 1.29 is 14.3 Å². The minimum absolute atomic E-state index is 0.0624. The summed E-state index contributed by atoms with van der Waals surface area (Å²) in [6, 6.07) is 11.6. The molecular formula is C24H27N3O3. The van der Waals surface area contributed by atoms with Crippen molar-refractivity contribution in [2.45, 2.75) is 51.4 Å². The zero-order valence-corrected chi connectivity index (χ0v) is 17.7. The minimum Gasteiger partial charge on any atom is -0.351 e. The van der Waals surface area contributed by atoms with Crippen LogP contribution >= 0.6 is 0 Å². The molecule has 3 aliphatic heterocycles. The fourth-order valence-electron chi connectivity index (χ4n) is 5.45. The van der Waals surface area contributed by atoms with Crippen molar-refractivity contribution in [2.24, 2.45) is 5.92 Å². The molecule has 1 aromatic heterocycles. The molecule has 0 N–H and O–H groups in total. The molecule has 6 nitrogen and oxygen atoms in total. The van der Waals surface area contributed by atoms with E-state index in [2.05, 4.69) is 18.8 Å². The topological polar surface area (TPSA) is 62.7 Å². The second kappa shape index (κ2) is 6.91. The number of hydrogen-bond donors (Lipinski definition) is 0. The summed E-state index contributed by atoms with van der Waals surface area (Å²) in [5.41, 5.74) is 2.52. The van der Waals surface area contributed by atoms with Crippen LogP contribution in [0.3, 0.4) is 0 Å². The van der Waals surface area contributed by atoms with E-state index in [0.717, 1.165) is 11.1 Å². The summed E-state index contributed by atoms with van der Waals surface area (Å²) >= 11 is 0. The Bertz CT molecular complexity index is 1010. The van der Waals surface area contributed by atoms with Crippen molar-refractivity contribution in [2.75, 3.05) is 13.2 Å². The Morgan fingerprint density at radius 3 is 2.73 bits per heavy atom. The van der Waals surface area contributed by atoms with Gasteiger partial charge in [0.2, 0.25) is 5.91 Å². The lowest BCUT2D eigenvalue weighted by Gasteiger charge is -2.34. The summed E-state index contributed by atoms with van der Waals surface area (Å²) in [5.74, 6) is 0.356. The zero-order valence-electron chi connectivity index (χ0n) is 17.7. The van der Waals surface area contributed by atoms with Gasteiger partial charge in [-0.3, -0.25) is 14.6 Å². The van der Waals surface area contributed by atoms with Crippen LogP contribution in [0.25, 0.3) is 11.1 Å². The molecule has 0 radical (unpaired) electrons. The van der Waals surface area contributed by atoms with Crippen LogP contribution in [0.5, 0.6) is 0 Å². The molecule has 0 bridgehead atoms. The van der Waals surface area contributed by atoms with Crippen molar-refractivity contribution >= 4 is 11.8 Å². The van der Waals surface area contributed by atoms with E-state index < -0.39 is 5.72 Å². The molecule has 3 fully saturated rings. The fraction of sp³-hybridized carbons (Fsp3) is 0.458. The second-order valence-corrected chi connectivity index (χ2v) is 8.88. The largest absolute Gasteiger partial charge is 0.351 e. The van der Waals surface area contributed by atoms with Gasteiger partial charge >= 0.3 is 0 Å². The SMILES string of the molecule is Cc1nccc(-c2ccccc2)c1C(=O)N1CC[C@@]23OC[C@@H](C(C)C)N2C(=O)C[C@@H]13. The van der Waals surface area contributed by atoms with Crippen molar-refractivity contribution in [1.29, 1.82) is 0 Å². The summed E-state index contributed by atoms with van der Waals surface area (Å²) < 4.78 is 6.29. The molecule has 3 aliphatic rings. The molecule has 30 heavy (non-hydrogen) atoms. The minimum atomic E-state index is -0.662. The van der Waals surface area contributed by atoms with Crippen molar-refractivity contribution in [1.82, 2.24) is 14.8 Å². The number of benzene rings is 1. The first kappa shape index (κ1) is 19.2. The Kier molecular flexibility index (Phi) is 4.43. The van der Waals surface area contributed by atoms with Gasteiger partial charge in [-0.15, -0.1) is 0 Å². The molecule has 4 heterocycles. The first-order valence-electron chi connectivity index (χ1n) is 10.7. The molecule has 2 aromatic rings. The number of rotatable bonds is 3. The van der Waals surface area contributed by atoms with Gasteiger partial charge in [0, 0.05) is 19.2 Å². The smallest absolute Gasteiger partial charge is 0.256 e. The highest BCUT2D eigenvalue weighted by molar-refractivity contribution is 6.02. The first-order valence-corrected chi connectivity index (χ1v) is 10.7. The van der Waals surface area contributed by atoms with E-state index >= 15 is 0 Å². The third-order valence-corrected chi connectivity index (χ3v) is 6.96. The quantitative estimate of drug-likeness (QED) is 0.786. The molecule has 6 heteroatoms. The van der Waals surface area contributed by atoms with Gasteiger partial charge in [-0.05, 0) is 30.0 Å². The molecule has 156 valence electrons. The van der Waals surface area contributed by atoms with Crippen LogP contribution < -0.4 is 0 Å². The molecule has 5 rings (SSSR count). The van der Waals surface area contributed by atoms with Crippen LogP contribution in [-0.4, -0.2) is 57.6 Å². The lowest BCUT2D eigenvalue weighted by Crippen LogP contribution is -2.51. The van der Waals surface area contributed by atoms with Crippen LogP contribution in [-0.2, 0) is 9.53 Å². The molecule has 2 amide bonds. The number of aryl methyl sites for hydroxylation is 1. The number of aromatic nitrogens is 1. The number of carbonyl (C=O) groups excluding carboxylic acids is 2. The molecular weight excluding hydrogens is 378 g/mol. The molecule has 3 atom stereocenters. The number of pyridine rings is 1. The molecule has 1 spiro atoms. The van der Waals surface area contributed by atoms with Crippen LogP contribution in [0.4, 0.5) is 0 Å². The standard InChI is InChI=1S/C24H27N3O3/c1-15(2)19-14-30-24-10-12-26(20(24)13-21(28)27(19)24)23(29)22-16(3)25-11-9-18(22)17-7-5-4-6-8-17/h4-9,11,15,19-20H,10,12-14H2,1-3H3/t19-,20+,24-/m0/s1. The van der Waals surface area contributed by atoms with E-state index in [4.69, 9.17) is 4.74 Å². The van der Waals surface area contributed by atoms with Gasteiger partial charge in [0.05, 0.1) is 36.4 Å². The van der Waals surface area contributed by atoms with E-state index in [-0.39, 0.29) is 23.9 Å². The van der Waals surface area contributed by atoms with Gasteiger partial charge in [-0.25, -0.2) is 0 Å². The maximum atomic E-state index is 13.8. The third kappa shape index (κ3) is 2.63. The molecule has 1 aromatic carbocycles. The summed E-state index contributed by atoms with van der Waals surface area (Å²) in [6.07, 6.45) is 2.74. The van der Waals surface area contributed by atoms with Crippen molar-refractivity contribution in [3.63, 3.8) is 0 Å². The predicted octanol–water partition coefficient (Wildman–Crippen LogP) is 3.25. The monoisotopic (exact) mass is 405 g/mol. The third-order valence-electron chi connectivity index (χ3n) is 6.96. The number of likely N-dealkylation sites (tertiary alicyclic amines) is 1. The lowest BCUT2D eigenvalue weighted by atomic mass is 9.97. The molecule has 0 saturated carbocycles. The highest BCUT2D eigenvalue weighted by Crippen LogP contribution is 2.49. The summed E-state index contributed by atoms with van der Waals surface area (Å²) in [5, 5.41) is 0. The normalized spacial score (nSPS) is 27.7. The van der Waals surface area contributed by atoms with Crippen LogP contribution in [0.15, 0.2) is 42.6 Å². The van der Waals surface area contributed by atoms with E-state index in [1.165, 1.54) is 0 Å². The van der Waals surface area contributed by atoms with E-state index in [1.54, 1.807) is 6.20 Å². The predicted molar refractivity (Wildman–Crippen MR) is 113 cm³/mol. The van der Waals surface area contributed by atoms with E-state index in [1.807, 2.05) is 53.1 Å². The van der Waals surface area contributed by atoms with Crippen molar-refractivity contribution in [3.8, 4) is 11.1 Å². The Hall–Kier alpha value is -2.73. The number of ether oxygens (including phenoxy) is 1. The van der Waals surface area contributed by atoms with E-state index in [0.29, 0.717) is 43.2 Å². The van der Waals surface area contributed by atoms with Crippen LogP contribution in [0.1, 0.15) is 42.7 Å². The van der Waals surface area contributed by atoms with Gasteiger partial charge in [0.25, 0.3) is 5.91 Å². The number of hydrogen-bond acceptors (Lipinski definition) is 4. The second-order valence-electron chi connectivity index (χ2n) is 8.88. The molecule has 3 saturated heterocycles. The summed E-state index contributed by atoms with van der Waals surface area (Å²) in [4.78, 5) is 35.0. The van der Waals surface area contributed by atoms with Crippen molar-refractivity contribution in [3.05, 3.63) is 53.9 Å².